The molecule has 0 spiro atoms. The summed E-state index contributed by atoms with van der Waals surface area (Å²) >= 11 is 1.87. The zero-order chi connectivity index (χ0) is 19.9. The van der Waals surface area contributed by atoms with Crippen LogP contribution in [0.3, 0.4) is 0 Å². The molecule has 2 atom stereocenters. The normalized spacial score (nSPS) is 17.6. The van der Waals surface area contributed by atoms with E-state index in [-0.39, 0.29) is 0 Å². The maximum atomic E-state index is 10.0. The Hall–Kier alpha value is -1.21. The van der Waals surface area contributed by atoms with Crippen molar-refractivity contribution in [3.63, 3.8) is 0 Å². The van der Waals surface area contributed by atoms with Crippen molar-refractivity contribution in [2.45, 2.75) is 45.1 Å². The van der Waals surface area contributed by atoms with Gasteiger partial charge in [0.15, 0.2) is 0 Å². The van der Waals surface area contributed by atoms with Gasteiger partial charge in [0.25, 0.3) is 7.82 Å². The molecule has 27 heavy (non-hydrogen) atoms. The van der Waals surface area contributed by atoms with Crippen molar-refractivity contribution in [3.05, 3.63) is 51.7 Å². The molecule has 0 saturated carbocycles. The molecule has 1 aromatic carbocycles. The molecule has 4 N–H and O–H groups in total. The number of phenolic OH excluding ortho intramolecular Hbond substituents is 1. The molecule has 1 heterocycles. The van der Waals surface area contributed by atoms with E-state index in [1.807, 2.05) is 23.5 Å². The number of hydrogen-bond acceptors (Lipinski definition) is 4. The molecule has 0 amide bonds. The molecule has 0 bridgehead atoms. The van der Waals surface area contributed by atoms with Crippen LogP contribution < -0.4 is 9.79 Å². The highest BCUT2D eigenvalue weighted by atomic mass is 32.1. The second kappa shape index (κ2) is 10.4. The number of rotatable bonds is 6. The van der Waals surface area contributed by atoms with Crippen molar-refractivity contribution in [3.8, 4) is 5.75 Å². The average molecular weight is 413 g/mol. The van der Waals surface area contributed by atoms with E-state index in [1.165, 1.54) is 48.4 Å². The number of quaternary nitrogens is 1. The highest BCUT2D eigenvalue weighted by Gasteiger charge is 2.28. The third-order valence-electron chi connectivity index (χ3n) is 4.88. The molecule has 8 heteroatoms. The quantitative estimate of drug-likeness (QED) is 0.534. The Bertz CT molecular complexity index is 738. The lowest BCUT2D eigenvalue weighted by Crippen LogP contribution is -3.16. The van der Waals surface area contributed by atoms with Crippen LogP contribution in [0.2, 0.25) is 0 Å². The maximum Gasteiger partial charge on any atom is 0.262 e. The second-order valence-electron chi connectivity index (χ2n) is 6.83. The summed E-state index contributed by atoms with van der Waals surface area (Å²) in [5, 5.41) is 12.2. The number of fused-ring (bicyclic) bond motifs is 1. The van der Waals surface area contributed by atoms with Crippen molar-refractivity contribution in [1.29, 1.82) is 0 Å². The summed E-state index contributed by atoms with van der Waals surface area (Å²) in [5.41, 5.74) is 2.55. The molecule has 3 rings (SSSR count). The SMILES string of the molecule is CCC[NH+](CCc1cccs1)[C@H]1CCc2c(O)cccc2C1.O=P([O-])(O)O. The first kappa shape index (κ1) is 22.1. The van der Waals surface area contributed by atoms with E-state index in [1.54, 1.807) is 4.90 Å². The van der Waals surface area contributed by atoms with E-state index >= 15 is 0 Å². The minimum absolute atomic E-state index is 0.492. The summed E-state index contributed by atoms with van der Waals surface area (Å²) in [6, 6.07) is 11.1. The molecule has 2 aromatic rings. The van der Waals surface area contributed by atoms with Crippen molar-refractivity contribution in [1.82, 2.24) is 0 Å². The smallest absolute Gasteiger partial charge is 0.262 e. The van der Waals surface area contributed by atoms with Gasteiger partial charge in [-0.05, 0) is 41.5 Å². The monoisotopic (exact) mass is 413 g/mol. The Morgan fingerprint density at radius 1 is 1.26 bits per heavy atom. The lowest BCUT2D eigenvalue weighted by atomic mass is 9.86. The molecule has 1 aliphatic carbocycles. The van der Waals surface area contributed by atoms with Crippen molar-refractivity contribution >= 4 is 19.2 Å². The van der Waals surface area contributed by atoms with Gasteiger partial charge >= 0.3 is 0 Å². The molecular weight excluding hydrogens is 385 g/mol. The summed E-state index contributed by atoms with van der Waals surface area (Å²) < 4.78 is 8.77. The number of thiophene rings is 1. The summed E-state index contributed by atoms with van der Waals surface area (Å²) in [4.78, 5) is 26.2. The Morgan fingerprint density at radius 2 is 2.00 bits per heavy atom. The van der Waals surface area contributed by atoms with Crippen molar-refractivity contribution in [2.75, 3.05) is 13.1 Å². The molecule has 1 unspecified atom stereocenters. The maximum absolute atomic E-state index is 10.0. The zero-order valence-corrected chi connectivity index (χ0v) is 17.2. The topological polar surface area (TPSA) is 105 Å². The number of phenols is 1. The molecule has 150 valence electrons. The third kappa shape index (κ3) is 7.74. The minimum atomic E-state index is -4.89. The number of hydrogen-bond donors (Lipinski definition) is 4. The fourth-order valence-electron chi connectivity index (χ4n) is 3.73. The predicted octanol–water partition coefficient (Wildman–Crippen LogP) is 1.29. The Balaban J connectivity index is 0.000000465. The van der Waals surface area contributed by atoms with Crippen LogP contribution in [-0.2, 0) is 23.8 Å². The van der Waals surface area contributed by atoms with Crippen LogP contribution in [0.15, 0.2) is 35.7 Å². The van der Waals surface area contributed by atoms with Gasteiger partial charge < -0.3 is 24.7 Å². The third-order valence-corrected chi connectivity index (χ3v) is 5.81. The van der Waals surface area contributed by atoms with E-state index in [0.29, 0.717) is 11.8 Å². The van der Waals surface area contributed by atoms with Crippen LogP contribution in [0.4, 0.5) is 0 Å². The number of benzene rings is 1. The second-order valence-corrected chi connectivity index (χ2v) is 8.85. The number of nitrogens with one attached hydrogen (secondary N) is 1. The molecule has 0 radical (unpaired) electrons. The highest BCUT2D eigenvalue weighted by molar-refractivity contribution is 7.43. The van der Waals surface area contributed by atoms with Gasteiger partial charge in [0.2, 0.25) is 0 Å². The van der Waals surface area contributed by atoms with Crippen LogP contribution >= 0.6 is 19.2 Å². The zero-order valence-electron chi connectivity index (χ0n) is 15.5. The van der Waals surface area contributed by atoms with Crippen molar-refractivity contribution < 1.29 is 29.3 Å². The number of phosphoric acid groups is 1. The highest BCUT2D eigenvalue weighted by Crippen LogP contribution is 2.28. The van der Waals surface area contributed by atoms with E-state index in [2.05, 4.69) is 30.5 Å². The van der Waals surface area contributed by atoms with Crippen LogP contribution in [0.5, 0.6) is 5.75 Å². The number of aromatic hydroxyl groups is 1. The van der Waals surface area contributed by atoms with Crippen molar-refractivity contribution in [2.24, 2.45) is 0 Å². The lowest BCUT2D eigenvalue weighted by Gasteiger charge is -2.32. The van der Waals surface area contributed by atoms with Gasteiger partial charge in [-0.3, -0.25) is 4.57 Å². The van der Waals surface area contributed by atoms with Gasteiger partial charge in [0.05, 0.1) is 19.1 Å². The van der Waals surface area contributed by atoms with Gasteiger partial charge in [-0.25, -0.2) is 0 Å². The predicted molar refractivity (Wildman–Crippen MR) is 105 cm³/mol. The van der Waals surface area contributed by atoms with Crippen LogP contribution in [0, 0.1) is 0 Å². The van der Waals surface area contributed by atoms with Crippen LogP contribution in [-0.4, -0.2) is 34.0 Å². The van der Waals surface area contributed by atoms with Gasteiger partial charge in [-0.15, -0.1) is 11.3 Å². The van der Waals surface area contributed by atoms with Gasteiger partial charge in [0, 0.05) is 24.1 Å². The first-order valence-electron chi connectivity index (χ1n) is 9.21. The van der Waals surface area contributed by atoms with E-state index in [9.17, 15) is 5.11 Å². The summed E-state index contributed by atoms with van der Waals surface area (Å²) in [6.45, 7) is 4.77. The Labute approximate surface area is 164 Å². The molecule has 1 aliphatic rings. The average Bonchev–Trinajstić information content (AvgIpc) is 3.10. The largest absolute Gasteiger partial charge is 0.756 e. The molecular formula is C19H28NO5PS. The fraction of sp³-hybridized carbons (Fsp3) is 0.474. The van der Waals surface area contributed by atoms with Crippen LogP contribution in [0.1, 0.15) is 35.8 Å². The first-order valence-corrected chi connectivity index (χ1v) is 11.6. The summed E-state index contributed by atoms with van der Waals surface area (Å²) in [5.74, 6) is 0.492. The van der Waals surface area contributed by atoms with Gasteiger partial charge in [-0.1, -0.05) is 25.1 Å². The standard InChI is InChI=1S/C19H25NOS.H3O4P/c1-2-11-20(12-10-17-6-4-13-22-17)16-8-9-18-15(14-16)5-3-7-19(18)21;1-5(2,3)4/h3-7,13,16,21H,2,8-12,14H2,1H3;(H3,1,2,3,4)/t16-;/m0./s1. The first-order chi connectivity index (χ1) is 12.8. The molecule has 6 nitrogen and oxygen atoms in total. The Kier molecular flexibility index (Phi) is 8.48. The van der Waals surface area contributed by atoms with Gasteiger partial charge in [-0.2, -0.15) is 0 Å². The molecule has 0 aliphatic heterocycles. The lowest BCUT2D eigenvalue weighted by molar-refractivity contribution is -0.925. The molecule has 1 aromatic heterocycles. The minimum Gasteiger partial charge on any atom is -0.756 e. The summed E-state index contributed by atoms with van der Waals surface area (Å²) in [6.07, 6.45) is 5.77. The molecule has 0 saturated heterocycles. The molecule has 0 fully saturated rings. The van der Waals surface area contributed by atoms with Gasteiger partial charge in [0.1, 0.15) is 5.75 Å². The fourth-order valence-corrected chi connectivity index (χ4v) is 4.44. The Morgan fingerprint density at radius 3 is 2.63 bits per heavy atom. The van der Waals surface area contributed by atoms with E-state index in [4.69, 9.17) is 19.2 Å². The summed E-state index contributed by atoms with van der Waals surface area (Å²) in [7, 11) is -4.89. The van der Waals surface area contributed by atoms with Crippen LogP contribution in [0.25, 0.3) is 0 Å². The van der Waals surface area contributed by atoms with E-state index in [0.717, 1.165) is 12.8 Å². The van der Waals surface area contributed by atoms with E-state index < -0.39 is 7.82 Å².